The number of halogens is 1. The third-order valence-corrected chi connectivity index (χ3v) is 3.47. The number of ether oxygens (including phenoxy) is 1. The molecule has 0 radical (unpaired) electrons. The highest BCUT2D eigenvalue weighted by molar-refractivity contribution is 6.06. The monoisotopic (exact) mass is 336 g/mol. The normalized spacial score (nSPS) is 13.5. The van der Waals surface area contributed by atoms with E-state index in [0.29, 0.717) is 5.39 Å². The van der Waals surface area contributed by atoms with E-state index in [0.717, 1.165) is 12.1 Å². The number of fused-ring (bicyclic) bond motifs is 1. The van der Waals surface area contributed by atoms with Gasteiger partial charge in [-0.15, -0.1) is 0 Å². The molecule has 2 rings (SSSR count). The van der Waals surface area contributed by atoms with Gasteiger partial charge in [-0.1, -0.05) is 0 Å². The second kappa shape index (κ2) is 6.79. The minimum absolute atomic E-state index is 0.0270. The molecule has 0 aliphatic heterocycles. The lowest BCUT2D eigenvalue weighted by Gasteiger charge is -2.28. The number of carboxylic acid groups (broad SMARTS) is 1. The molecule has 1 unspecified atom stereocenters. The van der Waals surface area contributed by atoms with Gasteiger partial charge in [0.15, 0.2) is 0 Å². The zero-order valence-electron chi connectivity index (χ0n) is 13.2. The summed E-state index contributed by atoms with van der Waals surface area (Å²) in [6.07, 6.45) is -0.359. The number of aliphatic carboxylic acids is 1. The molecule has 3 N–H and O–H groups in total. The van der Waals surface area contributed by atoms with Crippen molar-refractivity contribution in [3.05, 3.63) is 46.0 Å². The summed E-state index contributed by atoms with van der Waals surface area (Å²) in [6.45, 7) is 1.50. The number of methoxy groups -OCH3 is 1. The molecule has 0 saturated carbocycles. The summed E-state index contributed by atoms with van der Waals surface area (Å²) in [4.78, 5) is 37.7. The highest BCUT2D eigenvalue weighted by Gasteiger charge is 2.30. The molecule has 1 heterocycles. The van der Waals surface area contributed by atoms with Crippen molar-refractivity contribution in [2.24, 2.45) is 0 Å². The van der Waals surface area contributed by atoms with Crippen LogP contribution in [0.15, 0.2) is 29.1 Å². The highest BCUT2D eigenvalue weighted by Crippen LogP contribution is 2.18. The van der Waals surface area contributed by atoms with Crippen molar-refractivity contribution in [2.45, 2.75) is 18.9 Å². The molecule has 1 aromatic heterocycles. The lowest BCUT2D eigenvalue weighted by atomic mass is 9.97. The third kappa shape index (κ3) is 3.96. The van der Waals surface area contributed by atoms with Crippen LogP contribution in [-0.2, 0) is 9.53 Å². The minimum atomic E-state index is -1.16. The Bertz CT molecular complexity index is 848. The van der Waals surface area contributed by atoms with Crippen molar-refractivity contribution >= 4 is 22.8 Å². The Morgan fingerprint density at radius 1 is 1.38 bits per heavy atom. The average Bonchev–Trinajstić information content (AvgIpc) is 2.44. The molecule has 0 fully saturated rings. The Kier molecular flexibility index (Phi) is 4.99. The van der Waals surface area contributed by atoms with E-state index in [4.69, 9.17) is 9.84 Å². The van der Waals surface area contributed by atoms with Crippen LogP contribution in [-0.4, -0.2) is 41.2 Å². The molecular weight excluding hydrogens is 319 g/mol. The summed E-state index contributed by atoms with van der Waals surface area (Å²) in [5.41, 5.74) is -1.52. The van der Waals surface area contributed by atoms with Gasteiger partial charge in [0.05, 0.1) is 29.6 Å². The van der Waals surface area contributed by atoms with Crippen molar-refractivity contribution in [3.63, 3.8) is 0 Å². The first kappa shape index (κ1) is 17.6. The van der Waals surface area contributed by atoms with E-state index in [1.165, 1.54) is 26.2 Å². The van der Waals surface area contributed by atoms with Crippen LogP contribution in [0.1, 0.15) is 23.7 Å². The predicted octanol–water partition coefficient (Wildman–Crippen LogP) is 1.28. The van der Waals surface area contributed by atoms with Gasteiger partial charge >= 0.3 is 5.97 Å². The number of rotatable bonds is 6. The van der Waals surface area contributed by atoms with E-state index in [1.54, 1.807) is 0 Å². The molecule has 8 heteroatoms. The number of carboxylic acids is 1. The van der Waals surface area contributed by atoms with Crippen LogP contribution in [0.2, 0.25) is 0 Å². The van der Waals surface area contributed by atoms with Crippen LogP contribution in [0.4, 0.5) is 4.39 Å². The molecule has 1 aromatic carbocycles. The molecule has 0 bridgehead atoms. The Labute approximate surface area is 136 Å². The molecule has 0 saturated heterocycles. The average molecular weight is 336 g/mol. The van der Waals surface area contributed by atoms with Gasteiger partial charge in [-0.3, -0.25) is 14.4 Å². The zero-order chi connectivity index (χ0) is 17.9. The SMILES string of the molecule is COCC(C)(CC(=O)O)NC(=O)c1cc(=O)[nH]c2cc(F)ccc12. The summed E-state index contributed by atoms with van der Waals surface area (Å²) in [7, 11) is 1.39. The summed E-state index contributed by atoms with van der Waals surface area (Å²) in [6, 6.07) is 4.74. The molecule has 24 heavy (non-hydrogen) atoms. The highest BCUT2D eigenvalue weighted by atomic mass is 19.1. The van der Waals surface area contributed by atoms with Crippen LogP contribution >= 0.6 is 0 Å². The fourth-order valence-corrected chi connectivity index (χ4v) is 2.55. The number of carbonyl (C=O) groups excluding carboxylic acids is 1. The number of carbonyl (C=O) groups is 2. The van der Waals surface area contributed by atoms with Gasteiger partial charge < -0.3 is 20.1 Å². The number of aromatic nitrogens is 1. The maximum absolute atomic E-state index is 13.3. The van der Waals surface area contributed by atoms with Crippen LogP contribution in [0, 0.1) is 5.82 Å². The van der Waals surface area contributed by atoms with Crippen LogP contribution in [0.5, 0.6) is 0 Å². The Balaban J connectivity index is 2.43. The summed E-state index contributed by atoms with van der Waals surface area (Å²) in [5, 5.41) is 11.9. The van der Waals surface area contributed by atoms with Crippen molar-refractivity contribution in [3.8, 4) is 0 Å². The number of nitrogens with one attached hydrogen (secondary N) is 2. The number of hydrogen-bond donors (Lipinski definition) is 3. The topological polar surface area (TPSA) is 108 Å². The quantitative estimate of drug-likeness (QED) is 0.736. The molecule has 0 aliphatic carbocycles. The number of pyridine rings is 1. The summed E-state index contributed by atoms with van der Waals surface area (Å²) in [5.74, 6) is -2.29. The minimum Gasteiger partial charge on any atom is -0.481 e. The number of aromatic amines is 1. The van der Waals surface area contributed by atoms with Crippen molar-refractivity contribution in [1.82, 2.24) is 10.3 Å². The van der Waals surface area contributed by atoms with Gasteiger partial charge in [0, 0.05) is 18.6 Å². The van der Waals surface area contributed by atoms with Crippen LogP contribution < -0.4 is 10.9 Å². The van der Waals surface area contributed by atoms with Gasteiger partial charge in [0.25, 0.3) is 5.91 Å². The molecule has 128 valence electrons. The van der Waals surface area contributed by atoms with E-state index < -0.39 is 28.8 Å². The zero-order valence-corrected chi connectivity index (χ0v) is 13.2. The molecule has 7 nitrogen and oxygen atoms in total. The molecule has 0 aliphatic rings. The molecular formula is C16H17FN2O5. The predicted molar refractivity (Wildman–Crippen MR) is 84.5 cm³/mol. The van der Waals surface area contributed by atoms with Crippen molar-refractivity contribution in [2.75, 3.05) is 13.7 Å². The van der Waals surface area contributed by atoms with E-state index in [1.807, 2.05) is 0 Å². The molecule has 0 spiro atoms. The van der Waals surface area contributed by atoms with E-state index in [-0.39, 0.29) is 24.1 Å². The Morgan fingerprint density at radius 3 is 2.71 bits per heavy atom. The fourth-order valence-electron chi connectivity index (χ4n) is 2.55. The Morgan fingerprint density at radius 2 is 2.08 bits per heavy atom. The first-order valence-corrected chi connectivity index (χ1v) is 7.10. The number of H-pyrrole nitrogens is 1. The number of hydrogen-bond acceptors (Lipinski definition) is 4. The van der Waals surface area contributed by atoms with E-state index >= 15 is 0 Å². The Hall–Kier alpha value is -2.74. The summed E-state index contributed by atoms with van der Waals surface area (Å²) < 4.78 is 18.3. The lowest BCUT2D eigenvalue weighted by Crippen LogP contribution is -2.51. The van der Waals surface area contributed by atoms with Gasteiger partial charge in [0.1, 0.15) is 5.82 Å². The molecule has 1 amide bonds. The fraction of sp³-hybridized carbons (Fsp3) is 0.312. The maximum Gasteiger partial charge on any atom is 0.305 e. The van der Waals surface area contributed by atoms with Gasteiger partial charge in [-0.2, -0.15) is 0 Å². The second-order valence-electron chi connectivity index (χ2n) is 5.76. The van der Waals surface area contributed by atoms with Crippen LogP contribution in [0.3, 0.4) is 0 Å². The van der Waals surface area contributed by atoms with Crippen LogP contribution in [0.25, 0.3) is 10.9 Å². The standard InChI is InChI=1S/C16H17FN2O5/c1-16(8-24-2,7-14(21)22)19-15(23)11-6-13(20)18-12-5-9(17)3-4-10(11)12/h3-6H,7-8H2,1-2H3,(H,18,20)(H,19,23)(H,21,22). The molecule has 2 aromatic rings. The van der Waals surface area contributed by atoms with Crippen molar-refractivity contribution in [1.29, 1.82) is 0 Å². The van der Waals surface area contributed by atoms with Crippen molar-refractivity contribution < 1.29 is 23.8 Å². The number of amides is 1. The van der Waals surface area contributed by atoms with Gasteiger partial charge in [-0.25, -0.2) is 4.39 Å². The number of benzene rings is 1. The third-order valence-electron chi connectivity index (χ3n) is 3.47. The van der Waals surface area contributed by atoms with Gasteiger partial charge in [0.2, 0.25) is 5.56 Å². The van der Waals surface area contributed by atoms with E-state index in [2.05, 4.69) is 10.3 Å². The van der Waals surface area contributed by atoms with Gasteiger partial charge in [-0.05, 0) is 25.1 Å². The maximum atomic E-state index is 13.3. The largest absolute Gasteiger partial charge is 0.481 e. The lowest BCUT2D eigenvalue weighted by molar-refractivity contribution is -0.139. The first-order chi connectivity index (χ1) is 11.2. The second-order valence-corrected chi connectivity index (χ2v) is 5.76. The summed E-state index contributed by atoms with van der Waals surface area (Å²) >= 11 is 0. The smallest absolute Gasteiger partial charge is 0.305 e. The first-order valence-electron chi connectivity index (χ1n) is 7.10. The van der Waals surface area contributed by atoms with E-state index in [9.17, 15) is 18.8 Å². The molecule has 1 atom stereocenters.